The van der Waals surface area contributed by atoms with Crippen LogP contribution in [0.4, 0.5) is 4.79 Å². The molecular weight excluding hydrogens is 256 g/mol. The first-order chi connectivity index (χ1) is 9.63. The SMILES string of the molecule is CC(Cn1cccn1)NC(=O)NC(C)Cn1cccn1. The number of carbonyl (C=O) groups is 1. The Morgan fingerprint density at radius 1 is 1.00 bits per heavy atom. The van der Waals surface area contributed by atoms with Gasteiger partial charge in [0.2, 0.25) is 0 Å². The molecule has 0 aromatic carbocycles. The predicted molar refractivity (Wildman–Crippen MR) is 75.0 cm³/mol. The topological polar surface area (TPSA) is 76.8 Å². The molecule has 0 radical (unpaired) electrons. The molecule has 0 saturated carbocycles. The average Bonchev–Trinajstić information content (AvgIpc) is 3.01. The summed E-state index contributed by atoms with van der Waals surface area (Å²) >= 11 is 0. The zero-order valence-corrected chi connectivity index (χ0v) is 11.7. The van der Waals surface area contributed by atoms with Crippen molar-refractivity contribution >= 4 is 6.03 Å². The highest BCUT2D eigenvalue weighted by Gasteiger charge is 2.11. The van der Waals surface area contributed by atoms with Crippen LogP contribution in [0.5, 0.6) is 0 Å². The van der Waals surface area contributed by atoms with E-state index in [1.54, 1.807) is 21.8 Å². The first kappa shape index (κ1) is 14.1. The van der Waals surface area contributed by atoms with E-state index in [0.717, 1.165) is 0 Å². The number of hydrogen-bond acceptors (Lipinski definition) is 3. The summed E-state index contributed by atoms with van der Waals surface area (Å²) in [4.78, 5) is 11.8. The molecule has 0 spiro atoms. The van der Waals surface area contributed by atoms with Crippen LogP contribution in [0.2, 0.25) is 0 Å². The number of nitrogens with zero attached hydrogens (tertiary/aromatic N) is 4. The summed E-state index contributed by atoms with van der Waals surface area (Å²) in [6.45, 7) is 5.18. The maximum atomic E-state index is 11.8. The number of aromatic nitrogens is 4. The van der Waals surface area contributed by atoms with Crippen molar-refractivity contribution in [1.82, 2.24) is 30.2 Å². The van der Waals surface area contributed by atoms with Crippen LogP contribution < -0.4 is 10.6 Å². The molecule has 0 aliphatic rings. The van der Waals surface area contributed by atoms with Crippen LogP contribution >= 0.6 is 0 Å². The molecule has 0 aliphatic heterocycles. The van der Waals surface area contributed by atoms with Crippen molar-refractivity contribution in [2.24, 2.45) is 0 Å². The lowest BCUT2D eigenvalue weighted by atomic mass is 10.3. The summed E-state index contributed by atoms with van der Waals surface area (Å²) in [7, 11) is 0. The molecule has 2 N–H and O–H groups in total. The van der Waals surface area contributed by atoms with Crippen LogP contribution in [-0.4, -0.2) is 37.7 Å². The van der Waals surface area contributed by atoms with E-state index in [0.29, 0.717) is 13.1 Å². The predicted octanol–water partition coefficient (Wildman–Crippen LogP) is 0.856. The van der Waals surface area contributed by atoms with Crippen molar-refractivity contribution in [3.8, 4) is 0 Å². The van der Waals surface area contributed by atoms with Crippen LogP contribution in [0.25, 0.3) is 0 Å². The minimum atomic E-state index is -0.177. The molecule has 2 atom stereocenters. The van der Waals surface area contributed by atoms with Crippen molar-refractivity contribution in [2.45, 2.75) is 39.0 Å². The molecular formula is C13H20N6O. The van der Waals surface area contributed by atoms with Gasteiger partial charge >= 0.3 is 6.03 Å². The quantitative estimate of drug-likeness (QED) is 0.821. The van der Waals surface area contributed by atoms with Gasteiger partial charge in [0.05, 0.1) is 13.1 Å². The van der Waals surface area contributed by atoms with Gasteiger partial charge in [-0.15, -0.1) is 0 Å². The molecule has 0 aliphatic carbocycles. The maximum Gasteiger partial charge on any atom is 0.315 e. The summed E-state index contributed by atoms with van der Waals surface area (Å²) in [6, 6.07) is 3.56. The Kier molecular flexibility index (Phi) is 4.75. The molecule has 2 aromatic heterocycles. The van der Waals surface area contributed by atoms with E-state index in [1.807, 2.05) is 38.4 Å². The highest BCUT2D eigenvalue weighted by molar-refractivity contribution is 5.74. The van der Waals surface area contributed by atoms with E-state index in [2.05, 4.69) is 20.8 Å². The second-order valence-corrected chi connectivity index (χ2v) is 4.88. The molecule has 0 saturated heterocycles. The third-order valence-corrected chi connectivity index (χ3v) is 2.80. The number of rotatable bonds is 6. The second kappa shape index (κ2) is 6.74. The fourth-order valence-electron chi connectivity index (χ4n) is 1.96. The molecule has 108 valence electrons. The fourth-order valence-corrected chi connectivity index (χ4v) is 1.96. The van der Waals surface area contributed by atoms with Crippen LogP contribution in [0, 0.1) is 0 Å². The Hall–Kier alpha value is -2.31. The Morgan fingerprint density at radius 3 is 1.80 bits per heavy atom. The lowest BCUT2D eigenvalue weighted by molar-refractivity contribution is 0.231. The van der Waals surface area contributed by atoms with Gasteiger partial charge in [0.15, 0.2) is 0 Å². The number of hydrogen-bond donors (Lipinski definition) is 2. The standard InChI is InChI=1S/C13H20N6O/c1-11(9-18-7-3-5-14-18)16-13(20)17-12(2)10-19-8-4-6-15-19/h3-8,11-12H,9-10H2,1-2H3,(H2,16,17,20). The number of carbonyl (C=O) groups excluding carboxylic acids is 1. The first-order valence-corrected chi connectivity index (χ1v) is 6.65. The lowest BCUT2D eigenvalue weighted by Gasteiger charge is -2.18. The van der Waals surface area contributed by atoms with Crippen LogP contribution in [0.3, 0.4) is 0 Å². The van der Waals surface area contributed by atoms with E-state index in [1.165, 1.54) is 0 Å². The molecule has 7 heteroatoms. The van der Waals surface area contributed by atoms with Crippen LogP contribution in [0.15, 0.2) is 36.9 Å². The van der Waals surface area contributed by atoms with E-state index in [4.69, 9.17) is 0 Å². The van der Waals surface area contributed by atoms with Crippen molar-refractivity contribution in [3.05, 3.63) is 36.9 Å². The summed E-state index contributed by atoms with van der Waals surface area (Å²) in [5.41, 5.74) is 0. The number of nitrogens with one attached hydrogen (secondary N) is 2. The minimum Gasteiger partial charge on any atom is -0.334 e. The van der Waals surface area contributed by atoms with Crippen LogP contribution in [-0.2, 0) is 13.1 Å². The third kappa shape index (κ3) is 4.42. The van der Waals surface area contributed by atoms with Gasteiger partial charge in [-0.3, -0.25) is 9.36 Å². The van der Waals surface area contributed by atoms with Crippen molar-refractivity contribution in [3.63, 3.8) is 0 Å². The van der Waals surface area contributed by atoms with Crippen molar-refractivity contribution in [2.75, 3.05) is 0 Å². The summed E-state index contributed by atoms with van der Waals surface area (Å²) < 4.78 is 3.58. The summed E-state index contributed by atoms with van der Waals surface area (Å²) in [6.07, 6.45) is 7.19. The van der Waals surface area contributed by atoms with Gasteiger partial charge in [-0.2, -0.15) is 10.2 Å². The van der Waals surface area contributed by atoms with Gasteiger partial charge in [0.25, 0.3) is 0 Å². The van der Waals surface area contributed by atoms with Gasteiger partial charge in [-0.25, -0.2) is 4.79 Å². The van der Waals surface area contributed by atoms with Gasteiger partial charge in [-0.05, 0) is 26.0 Å². The molecule has 2 rings (SSSR count). The first-order valence-electron chi connectivity index (χ1n) is 6.65. The van der Waals surface area contributed by atoms with Crippen molar-refractivity contribution in [1.29, 1.82) is 0 Å². The lowest BCUT2D eigenvalue weighted by Crippen LogP contribution is -2.46. The molecule has 7 nitrogen and oxygen atoms in total. The minimum absolute atomic E-state index is 0.00630. The molecule has 0 fully saturated rings. The van der Waals surface area contributed by atoms with E-state index in [-0.39, 0.29) is 18.1 Å². The molecule has 2 amide bonds. The molecule has 2 heterocycles. The zero-order chi connectivity index (χ0) is 14.4. The Balaban J connectivity index is 1.71. The van der Waals surface area contributed by atoms with E-state index >= 15 is 0 Å². The van der Waals surface area contributed by atoms with Crippen molar-refractivity contribution < 1.29 is 4.79 Å². The van der Waals surface area contributed by atoms with Gasteiger partial charge in [-0.1, -0.05) is 0 Å². The Labute approximate surface area is 118 Å². The zero-order valence-electron chi connectivity index (χ0n) is 11.7. The van der Waals surface area contributed by atoms with E-state index < -0.39 is 0 Å². The summed E-state index contributed by atoms with van der Waals surface area (Å²) in [5.74, 6) is 0. The highest BCUT2D eigenvalue weighted by atomic mass is 16.2. The second-order valence-electron chi connectivity index (χ2n) is 4.88. The average molecular weight is 276 g/mol. The Morgan fingerprint density at radius 2 is 1.45 bits per heavy atom. The molecule has 20 heavy (non-hydrogen) atoms. The molecule has 2 unspecified atom stereocenters. The third-order valence-electron chi connectivity index (χ3n) is 2.80. The monoisotopic (exact) mass is 276 g/mol. The van der Waals surface area contributed by atoms with Gasteiger partial charge < -0.3 is 10.6 Å². The normalized spacial score (nSPS) is 13.7. The highest BCUT2D eigenvalue weighted by Crippen LogP contribution is 1.93. The van der Waals surface area contributed by atoms with Crippen LogP contribution in [0.1, 0.15) is 13.8 Å². The van der Waals surface area contributed by atoms with Gasteiger partial charge in [0, 0.05) is 36.9 Å². The number of amides is 2. The maximum absolute atomic E-state index is 11.8. The van der Waals surface area contributed by atoms with E-state index in [9.17, 15) is 4.79 Å². The van der Waals surface area contributed by atoms with Gasteiger partial charge in [0.1, 0.15) is 0 Å². The molecule has 0 bridgehead atoms. The smallest absolute Gasteiger partial charge is 0.315 e. The largest absolute Gasteiger partial charge is 0.334 e. The number of urea groups is 1. The Bertz CT molecular complexity index is 461. The summed E-state index contributed by atoms with van der Waals surface area (Å²) in [5, 5.41) is 14.0. The fraction of sp³-hybridized carbons (Fsp3) is 0.462. The molecule has 2 aromatic rings.